The van der Waals surface area contributed by atoms with E-state index in [-0.39, 0.29) is 5.78 Å². The molecule has 0 atom stereocenters. The molecule has 12 heavy (non-hydrogen) atoms. The summed E-state index contributed by atoms with van der Waals surface area (Å²) in [7, 11) is 0. The average molecular weight is 229 g/mol. The first-order valence-corrected chi connectivity index (χ1v) is 4.83. The zero-order valence-corrected chi connectivity index (χ0v) is 8.13. The summed E-state index contributed by atoms with van der Waals surface area (Å²) in [6.45, 7) is 0. The molecule has 0 N–H and O–H groups in total. The van der Waals surface area contributed by atoms with Crippen molar-refractivity contribution in [2.75, 3.05) is 0 Å². The first-order valence-electron chi connectivity index (χ1n) is 4.03. The van der Waals surface area contributed by atoms with Crippen LogP contribution in [0.5, 0.6) is 0 Å². The van der Waals surface area contributed by atoms with Gasteiger partial charge in [0.15, 0.2) is 11.5 Å². The van der Waals surface area contributed by atoms with Crippen LogP contribution in [-0.4, -0.2) is 5.78 Å². The molecular weight excluding hydrogens is 220 g/mol. The van der Waals surface area contributed by atoms with Crippen LogP contribution < -0.4 is 0 Å². The van der Waals surface area contributed by atoms with Crippen molar-refractivity contribution in [3.05, 3.63) is 22.6 Å². The summed E-state index contributed by atoms with van der Waals surface area (Å²) in [4.78, 5) is 11.5. The lowest BCUT2D eigenvalue weighted by Gasteiger charge is -1.94. The van der Waals surface area contributed by atoms with Gasteiger partial charge in [0.25, 0.3) is 0 Å². The van der Waals surface area contributed by atoms with Crippen molar-refractivity contribution in [1.29, 1.82) is 0 Å². The van der Waals surface area contributed by atoms with Crippen LogP contribution in [0.15, 0.2) is 21.2 Å². The number of rotatable bonds is 3. The van der Waals surface area contributed by atoms with Gasteiger partial charge in [-0.1, -0.05) is 0 Å². The van der Waals surface area contributed by atoms with Gasteiger partial charge in [-0.05, 0) is 40.8 Å². The fourth-order valence-corrected chi connectivity index (χ4v) is 1.59. The van der Waals surface area contributed by atoms with Gasteiger partial charge in [-0.2, -0.15) is 0 Å². The molecule has 0 saturated heterocycles. The minimum Gasteiger partial charge on any atom is -0.460 e. The van der Waals surface area contributed by atoms with Gasteiger partial charge in [0.2, 0.25) is 0 Å². The van der Waals surface area contributed by atoms with Crippen LogP contribution in [0.4, 0.5) is 0 Å². The average Bonchev–Trinajstić information content (AvgIpc) is 2.72. The van der Waals surface area contributed by atoms with Crippen molar-refractivity contribution >= 4 is 21.7 Å². The Kier molecular flexibility index (Phi) is 2.05. The van der Waals surface area contributed by atoms with Crippen LogP contribution in [0, 0.1) is 5.92 Å². The van der Waals surface area contributed by atoms with E-state index in [0.29, 0.717) is 18.1 Å². The predicted molar refractivity (Wildman–Crippen MR) is 48.1 cm³/mol. The summed E-state index contributed by atoms with van der Waals surface area (Å²) in [6.07, 6.45) is 4.57. The third-order valence-electron chi connectivity index (χ3n) is 2.04. The molecule has 64 valence electrons. The lowest BCUT2D eigenvalue weighted by atomic mass is 10.2. The van der Waals surface area contributed by atoms with E-state index in [2.05, 4.69) is 15.9 Å². The number of carbonyl (C=O) groups is 1. The van der Waals surface area contributed by atoms with E-state index in [1.807, 2.05) is 0 Å². The Labute approximate surface area is 79.1 Å². The van der Waals surface area contributed by atoms with E-state index in [1.165, 1.54) is 19.1 Å². The molecule has 1 fully saturated rings. The Hall–Kier alpha value is -0.570. The highest BCUT2D eigenvalue weighted by molar-refractivity contribution is 9.10. The summed E-state index contributed by atoms with van der Waals surface area (Å²) in [5.41, 5.74) is 0. The minimum atomic E-state index is 0.120. The van der Waals surface area contributed by atoms with E-state index >= 15 is 0 Å². The Morgan fingerprint density at radius 2 is 2.42 bits per heavy atom. The Morgan fingerprint density at radius 3 is 2.92 bits per heavy atom. The standard InChI is InChI=1S/C9H9BrO2/c10-7-3-4-12-9(7)8(11)5-6-1-2-6/h3-4,6H,1-2,5H2. The van der Waals surface area contributed by atoms with Gasteiger partial charge in [0.05, 0.1) is 10.7 Å². The van der Waals surface area contributed by atoms with Gasteiger partial charge < -0.3 is 4.42 Å². The molecule has 3 heteroatoms. The second-order valence-electron chi connectivity index (χ2n) is 3.17. The van der Waals surface area contributed by atoms with E-state index in [0.717, 1.165) is 4.47 Å². The first kappa shape index (κ1) is 8.05. The molecule has 2 rings (SSSR count). The lowest BCUT2D eigenvalue weighted by Crippen LogP contribution is -1.98. The zero-order chi connectivity index (χ0) is 8.55. The number of Topliss-reactive ketones (excluding diaryl/α,β-unsaturated/α-hetero) is 1. The van der Waals surface area contributed by atoms with Gasteiger partial charge in [-0.3, -0.25) is 4.79 Å². The number of carbonyl (C=O) groups excluding carboxylic acids is 1. The number of halogens is 1. The van der Waals surface area contributed by atoms with Crippen molar-refractivity contribution in [3.63, 3.8) is 0 Å². The molecule has 1 aliphatic carbocycles. The van der Waals surface area contributed by atoms with E-state index < -0.39 is 0 Å². The SMILES string of the molecule is O=C(CC1CC1)c1occc1Br. The number of hydrogen-bond acceptors (Lipinski definition) is 2. The highest BCUT2D eigenvalue weighted by Crippen LogP contribution is 2.34. The molecule has 1 saturated carbocycles. The van der Waals surface area contributed by atoms with E-state index in [1.54, 1.807) is 6.07 Å². The van der Waals surface area contributed by atoms with Crippen LogP contribution in [0.2, 0.25) is 0 Å². The highest BCUT2D eigenvalue weighted by Gasteiger charge is 2.26. The fourth-order valence-electron chi connectivity index (χ4n) is 1.17. The largest absolute Gasteiger partial charge is 0.460 e. The van der Waals surface area contributed by atoms with Crippen LogP contribution in [0.25, 0.3) is 0 Å². The van der Waals surface area contributed by atoms with Crippen LogP contribution in [0.3, 0.4) is 0 Å². The van der Waals surface area contributed by atoms with Crippen molar-refractivity contribution < 1.29 is 9.21 Å². The van der Waals surface area contributed by atoms with E-state index in [4.69, 9.17) is 4.42 Å². The summed E-state index contributed by atoms with van der Waals surface area (Å²) >= 11 is 3.26. The van der Waals surface area contributed by atoms with Crippen molar-refractivity contribution in [1.82, 2.24) is 0 Å². The number of furan rings is 1. The van der Waals surface area contributed by atoms with Gasteiger partial charge >= 0.3 is 0 Å². The second kappa shape index (κ2) is 3.05. The molecule has 0 spiro atoms. The third kappa shape index (κ3) is 1.61. The second-order valence-corrected chi connectivity index (χ2v) is 4.02. The fraction of sp³-hybridized carbons (Fsp3) is 0.444. The summed E-state index contributed by atoms with van der Waals surface area (Å²) in [5, 5.41) is 0. The van der Waals surface area contributed by atoms with Crippen LogP contribution in [0.1, 0.15) is 29.8 Å². The van der Waals surface area contributed by atoms with Crippen molar-refractivity contribution in [2.45, 2.75) is 19.3 Å². The molecule has 0 amide bonds. The smallest absolute Gasteiger partial charge is 0.199 e. The van der Waals surface area contributed by atoms with Gasteiger partial charge in [-0.15, -0.1) is 0 Å². The first-order chi connectivity index (χ1) is 5.77. The molecule has 0 bridgehead atoms. The maximum atomic E-state index is 11.5. The molecule has 0 aliphatic heterocycles. The van der Waals surface area contributed by atoms with Crippen molar-refractivity contribution in [3.8, 4) is 0 Å². The molecule has 1 aliphatic rings. The lowest BCUT2D eigenvalue weighted by molar-refractivity contribution is 0.0948. The molecule has 2 nitrogen and oxygen atoms in total. The van der Waals surface area contributed by atoms with E-state index in [9.17, 15) is 4.79 Å². The predicted octanol–water partition coefficient (Wildman–Crippen LogP) is 3.02. The maximum absolute atomic E-state index is 11.5. The highest BCUT2D eigenvalue weighted by atomic mass is 79.9. The molecule has 1 heterocycles. The minimum absolute atomic E-state index is 0.120. The van der Waals surface area contributed by atoms with Gasteiger partial charge in [-0.25, -0.2) is 0 Å². The Balaban J connectivity index is 2.07. The quantitative estimate of drug-likeness (QED) is 0.745. The zero-order valence-electron chi connectivity index (χ0n) is 6.55. The topological polar surface area (TPSA) is 30.2 Å². The summed E-state index contributed by atoms with van der Waals surface area (Å²) in [5.74, 6) is 1.21. The molecule has 1 aromatic heterocycles. The van der Waals surface area contributed by atoms with Crippen molar-refractivity contribution in [2.24, 2.45) is 5.92 Å². The number of hydrogen-bond donors (Lipinski definition) is 0. The van der Waals surface area contributed by atoms with Crippen LogP contribution >= 0.6 is 15.9 Å². The van der Waals surface area contributed by atoms with Gasteiger partial charge in [0.1, 0.15) is 0 Å². The van der Waals surface area contributed by atoms with Crippen LogP contribution in [-0.2, 0) is 0 Å². The summed E-state index contributed by atoms with van der Waals surface area (Å²) < 4.78 is 5.83. The molecule has 1 aromatic rings. The monoisotopic (exact) mass is 228 g/mol. The normalized spacial score (nSPS) is 16.4. The van der Waals surface area contributed by atoms with Gasteiger partial charge in [0, 0.05) is 6.42 Å². The summed E-state index contributed by atoms with van der Waals surface area (Å²) in [6, 6.07) is 1.75. The number of ketones is 1. The molecular formula is C9H9BrO2. The third-order valence-corrected chi connectivity index (χ3v) is 2.67. The molecule has 0 radical (unpaired) electrons. The Morgan fingerprint density at radius 1 is 1.67 bits per heavy atom. The molecule has 0 aromatic carbocycles. The Bertz CT molecular complexity index is 299. The molecule has 0 unspecified atom stereocenters. The maximum Gasteiger partial charge on any atom is 0.199 e.